The lowest BCUT2D eigenvalue weighted by Gasteiger charge is -2.22. The first kappa shape index (κ1) is 17.3. The first-order valence-electron chi connectivity index (χ1n) is 8.35. The number of fused-ring (bicyclic) bond motifs is 1. The van der Waals surface area contributed by atoms with Crippen LogP contribution in [0.25, 0.3) is 0 Å². The highest BCUT2D eigenvalue weighted by molar-refractivity contribution is 5.85. The number of halogens is 1. The van der Waals surface area contributed by atoms with Crippen molar-refractivity contribution in [2.24, 2.45) is 11.8 Å². The van der Waals surface area contributed by atoms with Crippen LogP contribution < -0.4 is 10.6 Å². The maximum Gasteiger partial charge on any atom is 0.220 e. The molecule has 2 aliphatic rings. The molecule has 3 rings (SSSR count). The topological polar surface area (TPSA) is 41.1 Å². The third-order valence-corrected chi connectivity index (χ3v) is 4.96. The fourth-order valence-electron chi connectivity index (χ4n) is 3.65. The zero-order valence-corrected chi connectivity index (χ0v) is 14.0. The number of carbonyl (C=O) groups is 1. The average Bonchev–Trinajstić information content (AvgIpc) is 2.95. The average molecular weight is 323 g/mol. The molecule has 0 bridgehead atoms. The summed E-state index contributed by atoms with van der Waals surface area (Å²) < 4.78 is 0. The lowest BCUT2D eigenvalue weighted by atomic mass is 9.93. The summed E-state index contributed by atoms with van der Waals surface area (Å²) in [6, 6.07) is 8.65. The van der Waals surface area contributed by atoms with Gasteiger partial charge in [0.1, 0.15) is 0 Å². The van der Waals surface area contributed by atoms with Crippen molar-refractivity contribution in [1.82, 2.24) is 10.6 Å². The summed E-state index contributed by atoms with van der Waals surface area (Å²) in [7, 11) is 0. The molecule has 0 unspecified atom stereocenters. The summed E-state index contributed by atoms with van der Waals surface area (Å²) in [5.74, 6) is 1.57. The van der Waals surface area contributed by atoms with Crippen LogP contribution in [-0.4, -0.2) is 25.5 Å². The molecule has 1 aliphatic carbocycles. The number of amides is 1. The third kappa shape index (κ3) is 4.72. The van der Waals surface area contributed by atoms with Gasteiger partial charge in [-0.15, -0.1) is 12.4 Å². The van der Waals surface area contributed by atoms with Gasteiger partial charge in [-0.25, -0.2) is 0 Å². The van der Waals surface area contributed by atoms with Gasteiger partial charge in [0.25, 0.3) is 0 Å². The Labute approximate surface area is 139 Å². The van der Waals surface area contributed by atoms with E-state index in [4.69, 9.17) is 0 Å². The summed E-state index contributed by atoms with van der Waals surface area (Å²) in [4.78, 5) is 12.0. The number of nitrogens with one attached hydrogen (secondary N) is 2. The van der Waals surface area contributed by atoms with Crippen LogP contribution >= 0.6 is 12.4 Å². The molecule has 1 heterocycles. The van der Waals surface area contributed by atoms with Gasteiger partial charge >= 0.3 is 0 Å². The van der Waals surface area contributed by atoms with Gasteiger partial charge < -0.3 is 10.6 Å². The van der Waals surface area contributed by atoms with Crippen LogP contribution in [0.2, 0.25) is 0 Å². The molecule has 0 spiro atoms. The minimum Gasteiger partial charge on any atom is -0.356 e. The largest absolute Gasteiger partial charge is 0.356 e. The summed E-state index contributed by atoms with van der Waals surface area (Å²) in [5.41, 5.74) is 2.93. The number of hydrogen-bond donors (Lipinski definition) is 2. The Bertz CT molecular complexity index is 461. The Balaban J connectivity index is 0.00000176. The smallest absolute Gasteiger partial charge is 0.220 e. The van der Waals surface area contributed by atoms with Crippen LogP contribution in [0.1, 0.15) is 36.8 Å². The van der Waals surface area contributed by atoms with Crippen molar-refractivity contribution in [3.05, 3.63) is 35.4 Å². The highest BCUT2D eigenvalue weighted by atomic mass is 35.5. The molecule has 1 saturated heterocycles. The highest BCUT2D eigenvalue weighted by Crippen LogP contribution is 2.25. The molecule has 0 atom stereocenters. The van der Waals surface area contributed by atoms with E-state index < -0.39 is 0 Å². The molecule has 4 heteroatoms. The normalized spacial score (nSPS) is 18.5. The van der Waals surface area contributed by atoms with E-state index in [2.05, 4.69) is 34.9 Å². The van der Waals surface area contributed by atoms with Crippen molar-refractivity contribution in [2.75, 3.05) is 19.6 Å². The maximum atomic E-state index is 12.0. The lowest BCUT2D eigenvalue weighted by molar-refractivity contribution is -0.121. The molecule has 0 radical (unpaired) electrons. The molecule has 1 amide bonds. The van der Waals surface area contributed by atoms with Crippen LogP contribution in [0, 0.1) is 11.8 Å². The van der Waals surface area contributed by atoms with E-state index in [0.29, 0.717) is 12.3 Å². The van der Waals surface area contributed by atoms with E-state index in [0.717, 1.165) is 44.8 Å². The van der Waals surface area contributed by atoms with E-state index in [1.54, 1.807) is 0 Å². The van der Waals surface area contributed by atoms with Crippen LogP contribution in [0.3, 0.4) is 0 Å². The first-order valence-corrected chi connectivity index (χ1v) is 8.35. The second-order valence-electron chi connectivity index (χ2n) is 6.58. The van der Waals surface area contributed by atoms with Gasteiger partial charge in [-0.1, -0.05) is 24.3 Å². The van der Waals surface area contributed by atoms with E-state index in [-0.39, 0.29) is 18.3 Å². The van der Waals surface area contributed by atoms with Crippen LogP contribution in [-0.2, 0) is 17.6 Å². The van der Waals surface area contributed by atoms with Gasteiger partial charge in [-0.2, -0.15) is 0 Å². The van der Waals surface area contributed by atoms with Gasteiger partial charge in [-0.3, -0.25) is 4.79 Å². The van der Waals surface area contributed by atoms with Crippen molar-refractivity contribution in [1.29, 1.82) is 0 Å². The summed E-state index contributed by atoms with van der Waals surface area (Å²) in [5, 5.41) is 6.52. The van der Waals surface area contributed by atoms with Crippen LogP contribution in [0.5, 0.6) is 0 Å². The van der Waals surface area contributed by atoms with Crippen molar-refractivity contribution >= 4 is 18.3 Å². The van der Waals surface area contributed by atoms with Gasteiger partial charge in [0.05, 0.1) is 0 Å². The molecule has 1 fully saturated rings. The van der Waals surface area contributed by atoms with Gasteiger partial charge in [0, 0.05) is 13.0 Å². The second kappa shape index (κ2) is 8.54. The van der Waals surface area contributed by atoms with Crippen LogP contribution in [0.15, 0.2) is 24.3 Å². The lowest BCUT2D eigenvalue weighted by Crippen LogP contribution is -2.31. The number of hydrogen-bond acceptors (Lipinski definition) is 2. The fraction of sp³-hybridized carbons (Fsp3) is 0.611. The molecule has 1 aromatic carbocycles. The van der Waals surface area contributed by atoms with E-state index in [1.165, 1.54) is 24.0 Å². The number of carbonyl (C=O) groups excluding carboxylic acids is 1. The minimum atomic E-state index is 0. The monoisotopic (exact) mass is 322 g/mol. The highest BCUT2D eigenvalue weighted by Gasteiger charge is 2.21. The van der Waals surface area contributed by atoms with Gasteiger partial charge in [0.15, 0.2) is 0 Å². The first-order chi connectivity index (χ1) is 10.3. The molecule has 1 aliphatic heterocycles. The van der Waals surface area contributed by atoms with Crippen molar-refractivity contribution in [2.45, 2.75) is 38.5 Å². The number of piperidine rings is 1. The summed E-state index contributed by atoms with van der Waals surface area (Å²) in [6.45, 7) is 3.07. The second-order valence-corrected chi connectivity index (χ2v) is 6.58. The summed E-state index contributed by atoms with van der Waals surface area (Å²) >= 11 is 0. The summed E-state index contributed by atoms with van der Waals surface area (Å²) in [6.07, 6.45) is 6.44. The number of benzene rings is 1. The predicted octanol–water partition coefficient (Wildman–Crippen LogP) is 2.72. The Morgan fingerprint density at radius 1 is 1.09 bits per heavy atom. The molecule has 1 aromatic rings. The Kier molecular flexibility index (Phi) is 6.71. The van der Waals surface area contributed by atoms with E-state index in [1.807, 2.05) is 0 Å². The molecule has 22 heavy (non-hydrogen) atoms. The Morgan fingerprint density at radius 2 is 1.73 bits per heavy atom. The number of rotatable bonds is 5. The quantitative estimate of drug-likeness (QED) is 0.875. The molecule has 0 saturated carbocycles. The van der Waals surface area contributed by atoms with Gasteiger partial charge in [0.2, 0.25) is 5.91 Å². The maximum absolute atomic E-state index is 12.0. The SMILES string of the molecule is Cl.O=C(CCC1CCNCC1)NCC1Cc2ccccc2C1. The molecule has 122 valence electrons. The van der Waals surface area contributed by atoms with Crippen LogP contribution in [0.4, 0.5) is 0 Å². The third-order valence-electron chi connectivity index (χ3n) is 4.96. The van der Waals surface area contributed by atoms with Gasteiger partial charge in [-0.05, 0) is 68.2 Å². The van der Waals surface area contributed by atoms with Crippen molar-refractivity contribution in [3.63, 3.8) is 0 Å². The van der Waals surface area contributed by atoms with E-state index >= 15 is 0 Å². The van der Waals surface area contributed by atoms with E-state index in [9.17, 15) is 4.79 Å². The predicted molar refractivity (Wildman–Crippen MR) is 92.4 cm³/mol. The molecule has 2 N–H and O–H groups in total. The zero-order chi connectivity index (χ0) is 14.5. The standard InChI is InChI=1S/C18H26N2O.ClH/c21-18(6-5-14-7-9-19-10-8-14)20-13-15-11-16-3-1-2-4-17(16)12-15;/h1-4,14-15,19H,5-13H2,(H,20,21);1H. The minimum absolute atomic E-state index is 0. The molecular formula is C18H27ClN2O. The molecular weight excluding hydrogens is 296 g/mol. The molecule has 3 nitrogen and oxygen atoms in total. The van der Waals surface area contributed by atoms with Crippen molar-refractivity contribution in [3.8, 4) is 0 Å². The Hall–Kier alpha value is -1.06. The van der Waals surface area contributed by atoms with Crippen molar-refractivity contribution < 1.29 is 4.79 Å². The Morgan fingerprint density at radius 3 is 2.36 bits per heavy atom. The fourth-order valence-corrected chi connectivity index (χ4v) is 3.65. The molecule has 0 aromatic heterocycles. The zero-order valence-electron chi connectivity index (χ0n) is 13.1.